The Bertz CT molecular complexity index is 1210. The summed E-state index contributed by atoms with van der Waals surface area (Å²) in [7, 11) is 0. The minimum absolute atomic E-state index is 0.191. The minimum atomic E-state index is -0.646. The van der Waals surface area contributed by atoms with Gasteiger partial charge in [0.05, 0.1) is 11.3 Å². The van der Waals surface area contributed by atoms with Crippen molar-refractivity contribution in [3.8, 4) is 0 Å². The number of anilines is 1. The summed E-state index contributed by atoms with van der Waals surface area (Å²) in [5.74, 6) is -1.44. The van der Waals surface area contributed by atoms with Crippen molar-refractivity contribution >= 4 is 29.3 Å². The first-order valence-corrected chi connectivity index (χ1v) is 10.7. The predicted octanol–water partition coefficient (Wildman–Crippen LogP) is 3.85. The van der Waals surface area contributed by atoms with Crippen LogP contribution in [-0.2, 0) is 20.9 Å². The third-order valence-corrected chi connectivity index (χ3v) is 5.80. The van der Waals surface area contributed by atoms with Gasteiger partial charge in [-0.25, -0.2) is 4.79 Å². The topological polar surface area (TPSA) is 85.7 Å². The molecule has 2 heterocycles. The zero-order chi connectivity index (χ0) is 23.5. The van der Waals surface area contributed by atoms with Gasteiger partial charge in [0.2, 0.25) is 17.6 Å². The number of nitrogens with zero attached hydrogens (tertiary/aromatic N) is 2. The number of imide groups is 1. The Balaban J connectivity index is 1.40. The number of amides is 2. The van der Waals surface area contributed by atoms with E-state index in [0.29, 0.717) is 17.8 Å². The molecule has 1 saturated heterocycles. The van der Waals surface area contributed by atoms with E-state index in [9.17, 15) is 19.2 Å². The van der Waals surface area contributed by atoms with Crippen molar-refractivity contribution in [3.05, 3.63) is 88.7 Å². The van der Waals surface area contributed by atoms with Crippen molar-refractivity contribution in [1.29, 1.82) is 0 Å². The summed E-state index contributed by atoms with van der Waals surface area (Å²) in [5.41, 5.74) is 4.08. The second-order valence-electron chi connectivity index (χ2n) is 8.03. The first-order valence-electron chi connectivity index (χ1n) is 10.7. The van der Waals surface area contributed by atoms with Crippen LogP contribution in [-0.4, -0.2) is 34.7 Å². The molecule has 1 aliphatic rings. The number of ketones is 1. The highest BCUT2D eigenvalue weighted by molar-refractivity contribution is 6.19. The van der Waals surface area contributed by atoms with Crippen LogP contribution in [0.4, 0.5) is 5.69 Å². The van der Waals surface area contributed by atoms with Crippen molar-refractivity contribution in [2.24, 2.45) is 0 Å². The third kappa shape index (κ3) is 4.62. The molecule has 2 aromatic carbocycles. The van der Waals surface area contributed by atoms with Crippen molar-refractivity contribution in [3.63, 3.8) is 0 Å². The SMILES string of the molecule is Cc1cc(C(=O)COC(=O)c2ccc(N3C(=O)CCC3=O)cc2)c(C)n1Cc1ccccc1. The highest BCUT2D eigenvalue weighted by atomic mass is 16.5. The lowest BCUT2D eigenvalue weighted by atomic mass is 10.1. The van der Waals surface area contributed by atoms with Gasteiger partial charge in [0.1, 0.15) is 0 Å². The number of rotatable bonds is 7. The summed E-state index contributed by atoms with van der Waals surface area (Å²) in [6.45, 7) is 4.10. The quantitative estimate of drug-likeness (QED) is 0.314. The molecule has 3 aromatic rings. The second kappa shape index (κ2) is 9.24. The third-order valence-electron chi connectivity index (χ3n) is 5.80. The standard InChI is InChI=1S/C26H24N2O5/c1-17-14-22(18(2)27(17)15-19-6-4-3-5-7-19)23(29)16-33-26(32)20-8-10-21(11-9-20)28-24(30)12-13-25(28)31/h3-11,14H,12-13,15-16H2,1-2H3. The summed E-state index contributed by atoms with van der Waals surface area (Å²) in [6, 6.07) is 17.8. The van der Waals surface area contributed by atoms with E-state index in [4.69, 9.17) is 4.74 Å². The van der Waals surface area contributed by atoms with E-state index in [1.54, 1.807) is 0 Å². The summed E-state index contributed by atoms with van der Waals surface area (Å²) in [6.07, 6.45) is 0.382. The average molecular weight is 444 g/mol. The molecule has 33 heavy (non-hydrogen) atoms. The van der Waals surface area contributed by atoms with E-state index < -0.39 is 5.97 Å². The largest absolute Gasteiger partial charge is 0.454 e. The summed E-state index contributed by atoms with van der Waals surface area (Å²) < 4.78 is 7.29. The van der Waals surface area contributed by atoms with Crippen LogP contribution >= 0.6 is 0 Å². The van der Waals surface area contributed by atoms with Crippen LogP contribution in [0.3, 0.4) is 0 Å². The number of hydrogen-bond acceptors (Lipinski definition) is 5. The maximum Gasteiger partial charge on any atom is 0.338 e. The number of aryl methyl sites for hydroxylation is 1. The van der Waals surface area contributed by atoms with Crippen LogP contribution in [0.2, 0.25) is 0 Å². The monoisotopic (exact) mass is 444 g/mol. The van der Waals surface area contributed by atoms with E-state index in [2.05, 4.69) is 4.57 Å². The van der Waals surface area contributed by atoms with Gasteiger partial charge in [0.25, 0.3) is 0 Å². The van der Waals surface area contributed by atoms with Crippen molar-refractivity contribution in [1.82, 2.24) is 4.57 Å². The summed E-state index contributed by atoms with van der Waals surface area (Å²) in [4.78, 5) is 50.0. The highest BCUT2D eigenvalue weighted by Crippen LogP contribution is 2.23. The number of benzene rings is 2. The first-order chi connectivity index (χ1) is 15.8. The molecule has 168 valence electrons. The number of carbonyl (C=O) groups excluding carboxylic acids is 4. The molecule has 0 radical (unpaired) electrons. The Kier molecular flexibility index (Phi) is 6.22. The van der Waals surface area contributed by atoms with E-state index in [-0.39, 0.29) is 42.6 Å². The average Bonchev–Trinajstić information content (AvgIpc) is 3.30. The Hall–Kier alpha value is -4.00. The lowest BCUT2D eigenvalue weighted by molar-refractivity contribution is -0.121. The number of carbonyl (C=O) groups is 4. The van der Waals surface area contributed by atoms with E-state index in [1.165, 1.54) is 24.3 Å². The van der Waals surface area contributed by atoms with Gasteiger partial charge in [-0.3, -0.25) is 19.3 Å². The molecule has 2 amide bonds. The fourth-order valence-corrected chi connectivity index (χ4v) is 4.00. The Morgan fingerprint density at radius 1 is 0.909 bits per heavy atom. The number of aromatic nitrogens is 1. The molecule has 7 nitrogen and oxygen atoms in total. The molecular weight excluding hydrogens is 420 g/mol. The van der Waals surface area contributed by atoms with Gasteiger partial charge in [0, 0.05) is 36.3 Å². The van der Waals surface area contributed by atoms with Gasteiger partial charge in [-0.1, -0.05) is 30.3 Å². The molecular formula is C26H24N2O5. The molecule has 4 rings (SSSR count). The molecule has 0 aliphatic carbocycles. The van der Waals surface area contributed by atoms with E-state index >= 15 is 0 Å². The fourth-order valence-electron chi connectivity index (χ4n) is 4.00. The number of Topliss-reactive ketones (excluding diaryl/α,β-unsaturated/α-hetero) is 1. The summed E-state index contributed by atoms with van der Waals surface area (Å²) in [5, 5.41) is 0. The van der Waals surface area contributed by atoms with Gasteiger partial charge in [-0.2, -0.15) is 0 Å². The second-order valence-corrected chi connectivity index (χ2v) is 8.03. The van der Waals surface area contributed by atoms with Gasteiger partial charge in [0.15, 0.2) is 6.61 Å². The zero-order valence-electron chi connectivity index (χ0n) is 18.5. The number of esters is 1. The minimum Gasteiger partial charge on any atom is -0.454 e. The van der Waals surface area contributed by atoms with Crippen LogP contribution in [0.25, 0.3) is 0 Å². The maximum atomic E-state index is 12.7. The van der Waals surface area contributed by atoms with Crippen LogP contribution in [0.15, 0.2) is 60.7 Å². The summed E-state index contributed by atoms with van der Waals surface area (Å²) >= 11 is 0. The van der Waals surface area contributed by atoms with Gasteiger partial charge in [-0.05, 0) is 49.7 Å². The van der Waals surface area contributed by atoms with Crippen molar-refractivity contribution in [2.45, 2.75) is 33.2 Å². The van der Waals surface area contributed by atoms with Crippen molar-refractivity contribution in [2.75, 3.05) is 11.5 Å². The molecule has 1 aromatic heterocycles. The number of hydrogen-bond donors (Lipinski definition) is 0. The van der Waals surface area contributed by atoms with Crippen LogP contribution in [0.1, 0.15) is 50.5 Å². The molecule has 1 fully saturated rings. The van der Waals surface area contributed by atoms with Gasteiger partial charge < -0.3 is 9.30 Å². The van der Waals surface area contributed by atoms with Crippen LogP contribution < -0.4 is 4.90 Å². The van der Waals surface area contributed by atoms with Crippen molar-refractivity contribution < 1.29 is 23.9 Å². The molecule has 1 aliphatic heterocycles. The fraction of sp³-hybridized carbons (Fsp3) is 0.231. The molecule has 0 N–H and O–H groups in total. The molecule has 0 bridgehead atoms. The predicted molar refractivity (Wildman–Crippen MR) is 122 cm³/mol. The molecule has 0 spiro atoms. The Labute approximate surface area is 191 Å². The Morgan fingerprint density at radius 2 is 1.55 bits per heavy atom. The molecule has 0 atom stereocenters. The highest BCUT2D eigenvalue weighted by Gasteiger charge is 2.30. The molecule has 7 heteroatoms. The molecule has 0 unspecified atom stereocenters. The maximum absolute atomic E-state index is 12.7. The first kappa shape index (κ1) is 22.2. The number of ether oxygens (including phenoxy) is 1. The lowest BCUT2D eigenvalue weighted by Crippen LogP contribution is -2.28. The van der Waals surface area contributed by atoms with E-state index in [1.807, 2.05) is 50.2 Å². The molecule has 0 saturated carbocycles. The zero-order valence-corrected chi connectivity index (χ0v) is 18.5. The normalized spacial score (nSPS) is 13.5. The van der Waals surface area contributed by atoms with Gasteiger partial charge >= 0.3 is 5.97 Å². The van der Waals surface area contributed by atoms with Crippen LogP contribution in [0.5, 0.6) is 0 Å². The Morgan fingerprint density at radius 3 is 2.18 bits per heavy atom. The lowest BCUT2D eigenvalue weighted by Gasteiger charge is -2.14. The smallest absolute Gasteiger partial charge is 0.338 e. The van der Waals surface area contributed by atoms with E-state index in [0.717, 1.165) is 21.9 Å². The van der Waals surface area contributed by atoms with Gasteiger partial charge in [-0.15, -0.1) is 0 Å². The van der Waals surface area contributed by atoms with Crippen LogP contribution in [0, 0.1) is 13.8 Å².